The number of benzene rings is 2. The van der Waals surface area contributed by atoms with Crippen LogP contribution in [0.3, 0.4) is 0 Å². The largest absolute Gasteiger partial charge is 0.370 e. The lowest BCUT2D eigenvalue weighted by atomic mass is 10.1. The molecule has 0 aliphatic carbocycles. The van der Waals surface area contributed by atoms with Gasteiger partial charge in [0.25, 0.3) is 0 Å². The third kappa shape index (κ3) is 5.74. The summed E-state index contributed by atoms with van der Waals surface area (Å²) in [5.74, 6) is -0.343. The number of anilines is 1. The molecule has 0 atom stereocenters. The van der Waals surface area contributed by atoms with Crippen molar-refractivity contribution in [2.24, 2.45) is 0 Å². The molecule has 0 unspecified atom stereocenters. The standard InChI is InChI=1S/C22H25ClN4O2/c1-2-26(19-6-4-3-5-7-19)15-14-24-21(28)16-27-22(29)13-12-20(25-27)17-8-10-18(23)11-9-17/h3-12,25H,2,13-16H2,1H3,(H,24,28). The summed E-state index contributed by atoms with van der Waals surface area (Å²) in [6.07, 6.45) is 2.06. The first-order valence-electron chi connectivity index (χ1n) is 9.66. The second-order valence-corrected chi connectivity index (χ2v) is 7.12. The van der Waals surface area contributed by atoms with Crippen LogP contribution in [0.4, 0.5) is 5.69 Å². The molecule has 0 saturated carbocycles. The number of carbonyl (C=O) groups is 2. The number of para-hydroxylation sites is 1. The lowest BCUT2D eigenvalue weighted by Gasteiger charge is -2.29. The van der Waals surface area contributed by atoms with Crippen LogP contribution in [0.2, 0.25) is 5.02 Å². The van der Waals surface area contributed by atoms with Gasteiger partial charge in [0.2, 0.25) is 11.8 Å². The number of nitrogens with zero attached hydrogens (tertiary/aromatic N) is 2. The van der Waals surface area contributed by atoms with E-state index in [0.717, 1.165) is 23.5 Å². The molecule has 2 N–H and O–H groups in total. The van der Waals surface area contributed by atoms with Gasteiger partial charge in [-0.1, -0.05) is 41.9 Å². The summed E-state index contributed by atoms with van der Waals surface area (Å²) in [5, 5.41) is 4.90. The van der Waals surface area contributed by atoms with Gasteiger partial charge in [-0.15, -0.1) is 0 Å². The minimum absolute atomic E-state index is 0.0405. The van der Waals surface area contributed by atoms with E-state index >= 15 is 0 Å². The SMILES string of the molecule is CCN(CCNC(=O)CN1NC(c2ccc(Cl)cc2)=CCC1=O)c1ccccc1. The maximum absolute atomic E-state index is 12.4. The van der Waals surface area contributed by atoms with Crippen LogP contribution in [-0.4, -0.2) is 43.0 Å². The van der Waals surface area contributed by atoms with Gasteiger partial charge < -0.3 is 10.2 Å². The van der Waals surface area contributed by atoms with E-state index < -0.39 is 0 Å². The van der Waals surface area contributed by atoms with Crippen molar-refractivity contribution in [3.8, 4) is 0 Å². The van der Waals surface area contributed by atoms with E-state index in [2.05, 4.69) is 22.6 Å². The number of rotatable bonds is 8. The summed E-state index contributed by atoms with van der Waals surface area (Å²) < 4.78 is 0. The molecule has 2 aromatic carbocycles. The van der Waals surface area contributed by atoms with Crippen molar-refractivity contribution in [2.45, 2.75) is 13.3 Å². The number of carbonyl (C=O) groups excluding carboxylic acids is 2. The fourth-order valence-corrected chi connectivity index (χ4v) is 3.26. The number of hydrogen-bond acceptors (Lipinski definition) is 4. The van der Waals surface area contributed by atoms with Crippen molar-refractivity contribution in [1.29, 1.82) is 0 Å². The maximum Gasteiger partial charge on any atom is 0.245 e. The zero-order valence-corrected chi connectivity index (χ0v) is 17.2. The number of likely N-dealkylation sites (N-methyl/N-ethyl adjacent to an activating group) is 1. The Morgan fingerprint density at radius 3 is 2.59 bits per heavy atom. The molecule has 0 bridgehead atoms. The molecule has 3 rings (SSSR count). The Balaban J connectivity index is 1.50. The first kappa shape index (κ1) is 20.7. The molecule has 152 valence electrons. The van der Waals surface area contributed by atoms with Crippen LogP contribution >= 0.6 is 11.6 Å². The number of hydrogen-bond donors (Lipinski definition) is 2. The van der Waals surface area contributed by atoms with Crippen LogP contribution in [0.5, 0.6) is 0 Å². The second-order valence-electron chi connectivity index (χ2n) is 6.69. The highest BCUT2D eigenvalue weighted by molar-refractivity contribution is 6.30. The third-order valence-corrected chi connectivity index (χ3v) is 4.95. The molecule has 0 aromatic heterocycles. The topological polar surface area (TPSA) is 64.7 Å². The first-order chi connectivity index (χ1) is 14.1. The highest BCUT2D eigenvalue weighted by Gasteiger charge is 2.22. The molecule has 1 aliphatic heterocycles. The summed E-state index contributed by atoms with van der Waals surface area (Å²) in [6.45, 7) is 4.09. The van der Waals surface area contributed by atoms with Crippen molar-refractivity contribution >= 4 is 34.8 Å². The van der Waals surface area contributed by atoms with Crippen LogP contribution in [0.1, 0.15) is 18.9 Å². The van der Waals surface area contributed by atoms with Crippen LogP contribution in [0, 0.1) is 0 Å². The Morgan fingerprint density at radius 2 is 1.90 bits per heavy atom. The fourth-order valence-electron chi connectivity index (χ4n) is 3.13. The molecular weight excluding hydrogens is 388 g/mol. The van der Waals surface area contributed by atoms with E-state index in [-0.39, 0.29) is 24.8 Å². The quantitative estimate of drug-likeness (QED) is 0.699. The van der Waals surface area contributed by atoms with Gasteiger partial charge >= 0.3 is 0 Å². The van der Waals surface area contributed by atoms with Crippen molar-refractivity contribution < 1.29 is 9.59 Å². The molecule has 2 amide bonds. The van der Waals surface area contributed by atoms with E-state index in [1.165, 1.54) is 5.01 Å². The molecular formula is C22H25ClN4O2. The lowest BCUT2D eigenvalue weighted by molar-refractivity contribution is -0.137. The van der Waals surface area contributed by atoms with Gasteiger partial charge in [0.05, 0.1) is 5.70 Å². The van der Waals surface area contributed by atoms with Crippen molar-refractivity contribution in [2.75, 3.05) is 31.1 Å². The van der Waals surface area contributed by atoms with E-state index in [0.29, 0.717) is 18.1 Å². The average Bonchev–Trinajstić information content (AvgIpc) is 2.74. The van der Waals surface area contributed by atoms with Crippen molar-refractivity contribution in [1.82, 2.24) is 15.8 Å². The molecule has 1 aliphatic rings. The molecule has 6 nitrogen and oxygen atoms in total. The molecule has 1 heterocycles. The normalized spacial score (nSPS) is 13.5. The van der Waals surface area contributed by atoms with Gasteiger partial charge in [0, 0.05) is 36.8 Å². The highest BCUT2D eigenvalue weighted by Crippen LogP contribution is 2.19. The molecule has 7 heteroatoms. The predicted molar refractivity (Wildman–Crippen MR) is 116 cm³/mol. The Morgan fingerprint density at radius 1 is 1.17 bits per heavy atom. The number of amides is 2. The van der Waals surface area contributed by atoms with Crippen LogP contribution in [0.25, 0.3) is 5.70 Å². The van der Waals surface area contributed by atoms with Gasteiger partial charge in [-0.05, 0) is 42.8 Å². The molecule has 0 fully saturated rings. The number of halogens is 1. The second kappa shape index (κ2) is 9.98. The zero-order chi connectivity index (χ0) is 20.6. The minimum Gasteiger partial charge on any atom is -0.370 e. The number of nitrogens with one attached hydrogen (secondary N) is 2. The van der Waals surface area contributed by atoms with Crippen molar-refractivity contribution in [3.05, 3.63) is 71.3 Å². The van der Waals surface area contributed by atoms with E-state index in [9.17, 15) is 9.59 Å². The summed E-state index contributed by atoms with van der Waals surface area (Å²) in [5.41, 5.74) is 5.86. The molecule has 0 spiro atoms. The highest BCUT2D eigenvalue weighted by atomic mass is 35.5. The summed E-state index contributed by atoms with van der Waals surface area (Å²) in [6, 6.07) is 17.4. The monoisotopic (exact) mass is 412 g/mol. The van der Waals surface area contributed by atoms with Gasteiger partial charge in [0.1, 0.15) is 6.54 Å². The van der Waals surface area contributed by atoms with Gasteiger partial charge in [-0.25, -0.2) is 5.01 Å². The smallest absolute Gasteiger partial charge is 0.245 e. The van der Waals surface area contributed by atoms with Crippen molar-refractivity contribution in [3.63, 3.8) is 0 Å². The molecule has 29 heavy (non-hydrogen) atoms. The molecule has 2 aromatic rings. The Hall–Kier alpha value is -2.99. The minimum atomic E-state index is -0.202. The summed E-state index contributed by atoms with van der Waals surface area (Å²) in [7, 11) is 0. The van der Waals surface area contributed by atoms with Gasteiger partial charge in [-0.2, -0.15) is 0 Å². The van der Waals surface area contributed by atoms with E-state index in [1.54, 1.807) is 12.1 Å². The average molecular weight is 413 g/mol. The fraction of sp³-hybridized carbons (Fsp3) is 0.273. The van der Waals surface area contributed by atoms with Gasteiger partial charge in [-0.3, -0.25) is 15.0 Å². The summed E-state index contributed by atoms with van der Waals surface area (Å²) in [4.78, 5) is 26.7. The predicted octanol–water partition coefficient (Wildman–Crippen LogP) is 3.06. The lowest BCUT2D eigenvalue weighted by Crippen LogP contribution is -2.50. The Kier molecular flexibility index (Phi) is 7.14. The summed E-state index contributed by atoms with van der Waals surface area (Å²) >= 11 is 5.93. The third-order valence-electron chi connectivity index (χ3n) is 4.70. The Bertz CT molecular complexity index is 868. The van der Waals surface area contributed by atoms with Crippen LogP contribution in [-0.2, 0) is 9.59 Å². The van der Waals surface area contributed by atoms with E-state index in [4.69, 9.17) is 11.6 Å². The molecule has 0 saturated heterocycles. The molecule has 0 radical (unpaired) electrons. The van der Waals surface area contributed by atoms with E-state index in [1.807, 2.05) is 48.5 Å². The Labute approximate surface area is 176 Å². The maximum atomic E-state index is 12.4. The number of hydrazine groups is 1. The van der Waals surface area contributed by atoms with Crippen LogP contribution in [0.15, 0.2) is 60.7 Å². The van der Waals surface area contributed by atoms with Gasteiger partial charge in [0.15, 0.2) is 0 Å². The van der Waals surface area contributed by atoms with Crippen LogP contribution < -0.4 is 15.6 Å². The first-order valence-corrected chi connectivity index (χ1v) is 10.0. The zero-order valence-electron chi connectivity index (χ0n) is 16.4.